The van der Waals surface area contributed by atoms with E-state index >= 15 is 0 Å². The Labute approximate surface area is 146 Å². The highest BCUT2D eigenvalue weighted by molar-refractivity contribution is 6.02. The first-order valence-corrected chi connectivity index (χ1v) is 8.21. The van der Waals surface area contributed by atoms with E-state index in [1.165, 1.54) is 0 Å². The Kier molecular flexibility index (Phi) is 4.84. The topological polar surface area (TPSA) is 58.6 Å². The molecule has 1 unspecified atom stereocenters. The molecular formula is C20H20N2O3. The highest BCUT2D eigenvalue weighted by Crippen LogP contribution is 2.37. The molecule has 128 valence electrons. The molecule has 0 fully saturated rings. The van der Waals surface area contributed by atoms with Crippen molar-refractivity contribution in [2.24, 2.45) is 0 Å². The Hall–Kier alpha value is -3.08. The third kappa shape index (κ3) is 3.26. The van der Waals surface area contributed by atoms with Crippen molar-refractivity contribution < 1.29 is 14.3 Å². The number of ether oxygens (including phenoxy) is 1. The Morgan fingerprint density at radius 2 is 1.68 bits per heavy atom. The van der Waals surface area contributed by atoms with Crippen LogP contribution in [0.3, 0.4) is 0 Å². The average molecular weight is 336 g/mol. The lowest BCUT2D eigenvalue weighted by Gasteiger charge is -2.37. The first-order valence-electron chi connectivity index (χ1n) is 8.21. The molecule has 3 rings (SSSR count). The summed E-state index contributed by atoms with van der Waals surface area (Å²) in [4.78, 5) is 27.0. The summed E-state index contributed by atoms with van der Waals surface area (Å²) < 4.78 is 5.25. The van der Waals surface area contributed by atoms with Crippen LogP contribution in [0.25, 0.3) is 0 Å². The third-order valence-corrected chi connectivity index (χ3v) is 4.09. The first kappa shape index (κ1) is 16.8. The number of hydrogen-bond donors (Lipinski definition) is 1. The molecule has 2 aromatic carbocycles. The van der Waals surface area contributed by atoms with Gasteiger partial charge in [-0.1, -0.05) is 48.5 Å². The van der Waals surface area contributed by atoms with Crippen LogP contribution in [0.5, 0.6) is 0 Å². The quantitative estimate of drug-likeness (QED) is 0.864. The van der Waals surface area contributed by atoms with Crippen molar-refractivity contribution in [2.45, 2.75) is 19.9 Å². The molecule has 0 saturated heterocycles. The zero-order chi connectivity index (χ0) is 17.8. The number of nitrogens with one attached hydrogen (secondary N) is 1. The van der Waals surface area contributed by atoms with Crippen molar-refractivity contribution in [1.29, 1.82) is 0 Å². The fourth-order valence-corrected chi connectivity index (χ4v) is 3.02. The van der Waals surface area contributed by atoms with E-state index < -0.39 is 12.0 Å². The van der Waals surface area contributed by atoms with Crippen molar-refractivity contribution in [3.63, 3.8) is 0 Å². The van der Waals surface area contributed by atoms with Crippen molar-refractivity contribution in [3.8, 4) is 0 Å². The van der Waals surface area contributed by atoms with Gasteiger partial charge in [0.25, 0.3) is 0 Å². The fourth-order valence-electron chi connectivity index (χ4n) is 3.02. The Morgan fingerprint density at radius 3 is 2.28 bits per heavy atom. The molecule has 2 amide bonds. The van der Waals surface area contributed by atoms with E-state index in [4.69, 9.17) is 4.74 Å². The van der Waals surface area contributed by atoms with Gasteiger partial charge in [0.2, 0.25) is 0 Å². The number of allylic oxidation sites excluding steroid dienone is 1. The number of anilines is 1. The highest BCUT2D eigenvalue weighted by Gasteiger charge is 2.39. The SMILES string of the molecule is CCOC(=O)C1=C(C)NC(=O)N(c2ccccc2)C1c1ccccc1. The number of carbonyl (C=O) groups excluding carboxylic acids is 2. The van der Waals surface area contributed by atoms with Gasteiger partial charge in [0.05, 0.1) is 18.2 Å². The molecule has 1 aliphatic rings. The fraction of sp³-hybridized carbons (Fsp3) is 0.200. The third-order valence-electron chi connectivity index (χ3n) is 4.09. The van der Waals surface area contributed by atoms with Crippen LogP contribution >= 0.6 is 0 Å². The molecular weight excluding hydrogens is 316 g/mol. The van der Waals surface area contributed by atoms with Crippen LogP contribution in [0.1, 0.15) is 25.5 Å². The number of carbonyl (C=O) groups is 2. The van der Waals surface area contributed by atoms with Gasteiger partial charge in [0, 0.05) is 11.4 Å². The van der Waals surface area contributed by atoms with Crippen LogP contribution in [0, 0.1) is 0 Å². The van der Waals surface area contributed by atoms with E-state index in [2.05, 4.69) is 5.32 Å². The molecule has 1 heterocycles. The van der Waals surface area contributed by atoms with Gasteiger partial charge in [-0.05, 0) is 31.5 Å². The molecule has 25 heavy (non-hydrogen) atoms. The van der Waals surface area contributed by atoms with Gasteiger partial charge < -0.3 is 10.1 Å². The number of nitrogens with zero attached hydrogens (tertiary/aromatic N) is 1. The second-order valence-electron chi connectivity index (χ2n) is 5.71. The van der Waals surface area contributed by atoms with Crippen molar-refractivity contribution in [2.75, 3.05) is 11.5 Å². The molecule has 5 heteroatoms. The number of benzene rings is 2. The van der Waals surface area contributed by atoms with E-state index in [0.29, 0.717) is 17.0 Å². The lowest BCUT2D eigenvalue weighted by atomic mass is 9.93. The number of rotatable bonds is 4. The van der Waals surface area contributed by atoms with Crippen molar-refractivity contribution in [1.82, 2.24) is 5.32 Å². The molecule has 2 aromatic rings. The lowest BCUT2D eigenvalue weighted by Crippen LogP contribution is -2.48. The number of para-hydroxylation sites is 1. The van der Waals surface area contributed by atoms with E-state index in [9.17, 15) is 9.59 Å². The summed E-state index contributed by atoms with van der Waals surface area (Å²) in [6.45, 7) is 3.76. The molecule has 1 atom stereocenters. The predicted octanol–water partition coefficient (Wildman–Crippen LogP) is 3.79. The first-order chi connectivity index (χ1) is 12.1. The maximum atomic E-state index is 12.7. The average Bonchev–Trinajstić information content (AvgIpc) is 2.62. The zero-order valence-electron chi connectivity index (χ0n) is 14.2. The standard InChI is InChI=1S/C20H20N2O3/c1-3-25-19(23)17-14(2)21-20(24)22(16-12-8-5-9-13-16)18(17)15-10-6-4-7-11-15/h4-13,18H,3H2,1-2H3,(H,21,24). The minimum absolute atomic E-state index is 0.273. The summed E-state index contributed by atoms with van der Waals surface area (Å²) in [5.41, 5.74) is 2.52. The van der Waals surface area contributed by atoms with E-state index in [-0.39, 0.29) is 12.6 Å². The van der Waals surface area contributed by atoms with Crippen molar-refractivity contribution >= 4 is 17.7 Å². The molecule has 0 aromatic heterocycles. The van der Waals surface area contributed by atoms with Gasteiger partial charge in [-0.3, -0.25) is 4.90 Å². The predicted molar refractivity (Wildman–Crippen MR) is 96.0 cm³/mol. The molecule has 0 spiro atoms. The molecule has 1 N–H and O–H groups in total. The summed E-state index contributed by atoms with van der Waals surface area (Å²) in [5, 5.41) is 2.78. The van der Waals surface area contributed by atoms with Gasteiger partial charge in [0.15, 0.2) is 0 Å². The van der Waals surface area contributed by atoms with Crippen molar-refractivity contribution in [3.05, 3.63) is 77.5 Å². The Bertz CT molecular complexity index is 800. The van der Waals surface area contributed by atoms with Gasteiger partial charge >= 0.3 is 12.0 Å². The second-order valence-corrected chi connectivity index (χ2v) is 5.71. The number of amides is 2. The smallest absolute Gasteiger partial charge is 0.338 e. The van der Waals surface area contributed by atoms with Gasteiger partial charge in [0.1, 0.15) is 0 Å². The van der Waals surface area contributed by atoms with Crippen LogP contribution in [0.4, 0.5) is 10.5 Å². The molecule has 0 radical (unpaired) electrons. The molecule has 0 aliphatic carbocycles. The van der Waals surface area contributed by atoms with Crippen LogP contribution in [-0.2, 0) is 9.53 Å². The highest BCUT2D eigenvalue weighted by atomic mass is 16.5. The lowest BCUT2D eigenvalue weighted by molar-refractivity contribution is -0.139. The summed E-state index contributed by atoms with van der Waals surface area (Å²) in [7, 11) is 0. The van der Waals surface area contributed by atoms with Crippen LogP contribution in [0.2, 0.25) is 0 Å². The van der Waals surface area contributed by atoms with Crippen LogP contribution in [0.15, 0.2) is 71.9 Å². The minimum Gasteiger partial charge on any atom is -0.463 e. The minimum atomic E-state index is -0.545. The van der Waals surface area contributed by atoms with E-state index in [1.807, 2.05) is 60.7 Å². The maximum Gasteiger partial charge on any atom is 0.338 e. The molecule has 0 saturated carbocycles. The van der Waals surface area contributed by atoms with Gasteiger partial charge in [-0.15, -0.1) is 0 Å². The van der Waals surface area contributed by atoms with Gasteiger partial charge in [-0.2, -0.15) is 0 Å². The summed E-state index contributed by atoms with van der Waals surface area (Å²) >= 11 is 0. The summed E-state index contributed by atoms with van der Waals surface area (Å²) in [5.74, 6) is -0.421. The molecule has 0 bridgehead atoms. The Balaban J connectivity index is 2.17. The molecule has 5 nitrogen and oxygen atoms in total. The monoisotopic (exact) mass is 336 g/mol. The number of hydrogen-bond acceptors (Lipinski definition) is 3. The number of esters is 1. The maximum absolute atomic E-state index is 12.7. The Morgan fingerprint density at radius 1 is 1.08 bits per heavy atom. The summed E-state index contributed by atoms with van der Waals surface area (Å²) in [6.07, 6.45) is 0. The van der Waals surface area contributed by atoms with E-state index in [1.54, 1.807) is 18.7 Å². The van der Waals surface area contributed by atoms with Crippen LogP contribution in [-0.4, -0.2) is 18.6 Å². The molecule has 1 aliphatic heterocycles. The van der Waals surface area contributed by atoms with Crippen LogP contribution < -0.4 is 10.2 Å². The summed E-state index contributed by atoms with van der Waals surface area (Å²) in [6, 6.07) is 18.0. The van der Waals surface area contributed by atoms with Gasteiger partial charge in [-0.25, -0.2) is 9.59 Å². The number of urea groups is 1. The zero-order valence-corrected chi connectivity index (χ0v) is 14.2. The largest absolute Gasteiger partial charge is 0.463 e. The second kappa shape index (κ2) is 7.21. The van der Waals surface area contributed by atoms with E-state index in [0.717, 1.165) is 5.56 Å². The normalized spacial score (nSPS) is 17.3.